The second kappa shape index (κ2) is 8.00. The Morgan fingerprint density at radius 1 is 1.18 bits per heavy atom. The molecule has 28 heavy (non-hydrogen) atoms. The summed E-state index contributed by atoms with van der Waals surface area (Å²) in [6.07, 6.45) is -3.14. The third kappa shape index (κ3) is 4.96. The number of hydrogen-bond donors (Lipinski definition) is 1. The van der Waals surface area contributed by atoms with Crippen LogP contribution in [0.2, 0.25) is 0 Å². The number of sulfonamides is 1. The molecule has 0 spiro atoms. The van der Waals surface area contributed by atoms with E-state index >= 15 is 0 Å². The van der Waals surface area contributed by atoms with Crippen LogP contribution in [0.5, 0.6) is 0 Å². The minimum absolute atomic E-state index is 0.0272. The molecule has 2 heterocycles. The van der Waals surface area contributed by atoms with Crippen molar-refractivity contribution in [3.05, 3.63) is 48.2 Å². The molecule has 1 N–H and O–H groups in total. The van der Waals surface area contributed by atoms with Crippen molar-refractivity contribution in [1.82, 2.24) is 4.98 Å². The number of amides is 1. The molecule has 0 saturated carbocycles. The minimum atomic E-state index is -4.45. The van der Waals surface area contributed by atoms with Gasteiger partial charge in [-0.05, 0) is 42.8 Å². The highest BCUT2D eigenvalue weighted by Gasteiger charge is 2.30. The molecule has 1 aliphatic heterocycles. The van der Waals surface area contributed by atoms with Gasteiger partial charge in [-0.2, -0.15) is 13.2 Å². The summed E-state index contributed by atoms with van der Waals surface area (Å²) in [5.41, 5.74) is 0.187. The minimum Gasteiger partial charge on any atom is -0.325 e. The smallest absolute Gasteiger partial charge is 0.325 e. The summed E-state index contributed by atoms with van der Waals surface area (Å²) in [6.45, 7) is 0.435. The number of rotatable bonds is 5. The molecule has 1 saturated heterocycles. The van der Waals surface area contributed by atoms with Crippen LogP contribution in [0, 0.1) is 0 Å². The lowest BCUT2D eigenvalue weighted by Gasteiger charge is -2.17. The fourth-order valence-electron chi connectivity index (χ4n) is 2.61. The number of nitrogens with one attached hydrogen (secondary N) is 1. The van der Waals surface area contributed by atoms with Crippen molar-refractivity contribution in [3.8, 4) is 0 Å². The van der Waals surface area contributed by atoms with Gasteiger partial charge in [0, 0.05) is 18.4 Å². The average molecular weight is 431 g/mol. The van der Waals surface area contributed by atoms with E-state index in [4.69, 9.17) is 0 Å². The zero-order valence-corrected chi connectivity index (χ0v) is 16.1. The number of carbonyl (C=O) groups is 1. The van der Waals surface area contributed by atoms with Crippen molar-refractivity contribution in [2.24, 2.45) is 0 Å². The molecule has 1 amide bonds. The molecule has 2 aromatic rings. The molecule has 1 aromatic carbocycles. The summed E-state index contributed by atoms with van der Waals surface area (Å²) in [6, 6.07) is 8.56. The van der Waals surface area contributed by atoms with Gasteiger partial charge in [0.1, 0.15) is 0 Å². The van der Waals surface area contributed by atoms with Crippen molar-refractivity contribution >= 4 is 39.1 Å². The Labute approximate surface area is 164 Å². The lowest BCUT2D eigenvalue weighted by Crippen LogP contribution is -2.25. The molecule has 0 aliphatic carbocycles. The van der Waals surface area contributed by atoms with Crippen LogP contribution in [0.15, 0.2) is 47.6 Å². The summed E-state index contributed by atoms with van der Waals surface area (Å²) in [5.74, 6) is -0.255. The van der Waals surface area contributed by atoms with Gasteiger partial charge in [0.2, 0.25) is 15.9 Å². The Kier molecular flexibility index (Phi) is 5.84. The van der Waals surface area contributed by atoms with E-state index in [1.54, 1.807) is 24.3 Å². The van der Waals surface area contributed by atoms with Crippen molar-refractivity contribution in [2.45, 2.75) is 17.6 Å². The Morgan fingerprint density at radius 2 is 1.89 bits per heavy atom. The first kappa shape index (κ1) is 20.5. The van der Waals surface area contributed by atoms with Gasteiger partial charge in [0.25, 0.3) is 0 Å². The molecule has 6 nitrogen and oxygen atoms in total. The first-order valence-electron chi connectivity index (χ1n) is 8.21. The maximum absolute atomic E-state index is 12.5. The molecule has 0 radical (unpaired) electrons. The average Bonchev–Trinajstić information content (AvgIpc) is 2.99. The van der Waals surface area contributed by atoms with Gasteiger partial charge in [0.05, 0.1) is 27.8 Å². The SMILES string of the molecule is O=C(CSc1ccc(C(F)(F)F)cn1)Nc1ccc(N2CCCS2(=O)=O)cc1. The zero-order valence-electron chi connectivity index (χ0n) is 14.4. The van der Waals surface area contributed by atoms with Gasteiger partial charge in [-0.25, -0.2) is 13.4 Å². The number of anilines is 2. The third-order valence-corrected chi connectivity index (χ3v) is 6.77. The van der Waals surface area contributed by atoms with Gasteiger partial charge in [-0.15, -0.1) is 0 Å². The summed E-state index contributed by atoms with van der Waals surface area (Å²) >= 11 is 1.01. The van der Waals surface area contributed by atoms with Crippen LogP contribution in [0.1, 0.15) is 12.0 Å². The molecule has 1 fully saturated rings. The van der Waals surface area contributed by atoms with Crippen molar-refractivity contribution < 1.29 is 26.4 Å². The maximum atomic E-state index is 12.5. The molecular formula is C17H16F3N3O3S2. The van der Waals surface area contributed by atoms with E-state index < -0.39 is 21.8 Å². The third-order valence-electron chi connectivity index (χ3n) is 3.95. The highest BCUT2D eigenvalue weighted by molar-refractivity contribution is 7.99. The molecule has 3 rings (SSSR count). The van der Waals surface area contributed by atoms with Gasteiger partial charge in [0.15, 0.2) is 0 Å². The first-order chi connectivity index (χ1) is 13.1. The molecular weight excluding hydrogens is 415 g/mol. The lowest BCUT2D eigenvalue weighted by atomic mass is 10.2. The van der Waals surface area contributed by atoms with E-state index in [2.05, 4.69) is 10.3 Å². The Bertz CT molecular complexity index is 946. The fraction of sp³-hybridized carbons (Fsp3) is 0.294. The largest absolute Gasteiger partial charge is 0.417 e. The maximum Gasteiger partial charge on any atom is 0.417 e. The molecule has 1 aliphatic rings. The number of aromatic nitrogens is 1. The highest BCUT2D eigenvalue weighted by Crippen LogP contribution is 2.29. The van der Waals surface area contributed by atoms with Gasteiger partial charge < -0.3 is 5.32 Å². The topological polar surface area (TPSA) is 79.4 Å². The van der Waals surface area contributed by atoms with E-state index in [1.807, 2.05) is 0 Å². The number of halogens is 3. The summed E-state index contributed by atoms with van der Waals surface area (Å²) in [4.78, 5) is 15.7. The first-order valence-corrected chi connectivity index (χ1v) is 10.8. The Hall–Kier alpha value is -2.27. The van der Waals surface area contributed by atoms with E-state index in [9.17, 15) is 26.4 Å². The van der Waals surface area contributed by atoms with Gasteiger partial charge >= 0.3 is 6.18 Å². The lowest BCUT2D eigenvalue weighted by molar-refractivity contribution is -0.137. The van der Waals surface area contributed by atoms with E-state index in [1.165, 1.54) is 10.4 Å². The van der Waals surface area contributed by atoms with Crippen LogP contribution in [-0.4, -0.2) is 37.4 Å². The number of carbonyl (C=O) groups excluding carboxylic acids is 1. The van der Waals surface area contributed by atoms with Crippen LogP contribution in [0.3, 0.4) is 0 Å². The van der Waals surface area contributed by atoms with Crippen molar-refractivity contribution in [1.29, 1.82) is 0 Å². The number of pyridine rings is 1. The van der Waals surface area contributed by atoms with E-state index in [0.717, 1.165) is 24.0 Å². The molecule has 0 bridgehead atoms. The summed E-state index contributed by atoms with van der Waals surface area (Å²) in [5, 5.41) is 2.95. The number of benzene rings is 1. The Morgan fingerprint density at radius 3 is 2.43 bits per heavy atom. The summed E-state index contributed by atoms with van der Waals surface area (Å²) in [7, 11) is -3.26. The van der Waals surface area contributed by atoms with Crippen LogP contribution < -0.4 is 9.62 Å². The Balaban J connectivity index is 1.54. The molecule has 0 atom stereocenters. The van der Waals surface area contributed by atoms with Gasteiger partial charge in [-0.1, -0.05) is 11.8 Å². The number of nitrogens with zero attached hydrogens (tertiary/aromatic N) is 2. The highest BCUT2D eigenvalue weighted by atomic mass is 32.2. The van der Waals surface area contributed by atoms with Crippen LogP contribution in [0.4, 0.5) is 24.5 Å². The number of hydrogen-bond acceptors (Lipinski definition) is 5. The zero-order chi connectivity index (χ0) is 20.4. The van der Waals surface area contributed by atoms with Crippen molar-refractivity contribution in [2.75, 3.05) is 27.7 Å². The number of alkyl halides is 3. The van der Waals surface area contributed by atoms with Crippen LogP contribution in [0.25, 0.3) is 0 Å². The fourth-order valence-corrected chi connectivity index (χ4v) is 4.82. The monoisotopic (exact) mass is 431 g/mol. The predicted octanol–water partition coefficient (Wildman–Crippen LogP) is 3.37. The quantitative estimate of drug-likeness (QED) is 0.735. The molecule has 0 unspecified atom stereocenters. The van der Waals surface area contributed by atoms with E-state index in [0.29, 0.717) is 29.4 Å². The standard InChI is InChI=1S/C17H16F3N3O3S2/c18-17(19,20)12-2-7-16(21-10-12)27-11-15(24)22-13-3-5-14(6-4-13)23-8-1-9-28(23,25)26/h2-7,10H,1,8-9,11H2,(H,22,24). The normalized spacial score (nSPS) is 16.2. The summed E-state index contributed by atoms with van der Waals surface area (Å²) < 4.78 is 62.6. The second-order valence-electron chi connectivity index (χ2n) is 6.01. The molecule has 1 aromatic heterocycles. The predicted molar refractivity (Wildman–Crippen MR) is 101 cm³/mol. The number of thioether (sulfide) groups is 1. The van der Waals surface area contributed by atoms with Crippen LogP contribution >= 0.6 is 11.8 Å². The molecule has 150 valence electrons. The molecule has 11 heteroatoms. The van der Waals surface area contributed by atoms with Crippen molar-refractivity contribution in [3.63, 3.8) is 0 Å². The van der Waals surface area contributed by atoms with Crippen LogP contribution in [-0.2, 0) is 21.0 Å². The van der Waals surface area contributed by atoms with Gasteiger partial charge in [-0.3, -0.25) is 9.10 Å². The van der Waals surface area contributed by atoms with E-state index in [-0.39, 0.29) is 17.4 Å². The second-order valence-corrected chi connectivity index (χ2v) is 9.02.